The minimum absolute atomic E-state index is 0.0125. The monoisotopic (exact) mass is 250 g/mol. The fraction of sp³-hybridized carbons (Fsp3) is 0.222. The maximum absolute atomic E-state index is 11.6. The maximum atomic E-state index is 11.6. The van der Waals surface area contributed by atoms with Gasteiger partial charge in [-0.1, -0.05) is 0 Å². The summed E-state index contributed by atoms with van der Waals surface area (Å²) in [5, 5.41) is 21.1. The van der Waals surface area contributed by atoms with Gasteiger partial charge in [-0.25, -0.2) is 4.98 Å². The molecule has 0 unspecified atom stereocenters. The molecule has 0 saturated carbocycles. The molecule has 9 heteroatoms. The number of aromatic nitrogens is 5. The highest BCUT2D eigenvalue weighted by molar-refractivity contribution is 6.01. The molecule has 2 aromatic rings. The van der Waals surface area contributed by atoms with E-state index in [-0.39, 0.29) is 12.4 Å². The molecule has 3 N–H and O–H groups in total. The van der Waals surface area contributed by atoms with E-state index in [4.69, 9.17) is 5.11 Å². The zero-order chi connectivity index (χ0) is 13.1. The molecule has 0 aliphatic rings. The molecule has 0 aromatic carbocycles. The number of carbonyl (C=O) groups is 2. The zero-order valence-electron chi connectivity index (χ0n) is 9.41. The number of hydrogen-bond donors (Lipinski definition) is 3. The van der Waals surface area contributed by atoms with Crippen LogP contribution in [0.1, 0.15) is 16.4 Å². The summed E-state index contributed by atoms with van der Waals surface area (Å²) in [6.07, 6.45) is 2.76. The van der Waals surface area contributed by atoms with Gasteiger partial charge in [-0.2, -0.15) is 5.10 Å². The predicted octanol–water partition coefficient (Wildman–Crippen LogP) is -0.353. The maximum Gasteiger partial charge on any atom is 0.325 e. The third kappa shape index (κ3) is 2.70. The molecule has 0 fully saturated rings. The molecule has 9 nitrogen and oxygen atoms in total. The van der Waals surface area contributed by atoms with Crippen LogP contribution in [0.4, 0.5) is 5.69 Å². The molecule has 0 aliphatic carbocycles. The first-order valence-corrected chi connectivity index (χ1v) is 4.99. The van der Waals surface area contributed by atoms with Gasteiger partial charge in [0.1, 0.15) is 12.4 Å². The second-order valence-corrected chi connectivity index (χ2v) is 3.52. The van der Waals surface area contributed by atoms with E-state index in [2.05, 4.69) is 25.6 Å². The van der Waals surface area contributed by atoms with Crippen LogP contribution in [0.25, 0.3) is 0 Å². The van der Waals surface area contributed by atoms with Crippen molar-refractivity contribution in [2.75, 3.05) is 5.32 Å². The topological polar surface area (TPSA) is 126 Å². The summed E-state index contributed by atoms with van der Waals surface area (Å²) in [5.74, 6) is -0.963. The van der Waals surface area contributed by atoms with Crippen molar-refractivity contribution in [3.05, 3.63) is 24.0 Å². The fourth-order valence-electron chi connectivity index (χ4n) is 1.28. The Kier molecular flexibility index (Phi) is 3.04. The quantitative estimate of drug-likeness (QED) is 0.680. The van der Waals surface area contributed by atoms with Crippen molar-refractivity contribution in [1.29, 1.82) is 0 Å². The van der Waals surface area contributed by atoms with Crippen LogP contribution in [0, 0.1) is 6.92 Å². The van der Waals surface area contributed by atoms with E-state index in [0.29, 0.717) is 11.5 Å². The highest BCUT2D eigenvalue weighted by atomic mass is 16.4. The number of carbonyl (C=O) groups excluding carboxylic acids is 1. The van der Waals surface area contributed by atoms with Crippen LogP contribution in [0.5, 0.6) is 0 Å². The van der Waals surface area contributed by atoms with E-state index >= 15 is 0 Å². The van der Waals surface area contributed by atoms with Gasteiger partial charge in [0, 0.05) is 6.20 Å². The Labute approximate surface area is 101 Å². The van der Waals surface area contributed by atoms with E-state index in [9.17, 15) is 9.59 Å². The van der Waals surface area contributed by atoms with Gasteiger partial charge >= 0.3 is 5.97 Å². The number of amides is 1. The molecular formula is C9H10N6O3. The Bertz CT molecular complexity index is 587. The Hall–Kier alpha value is -2.71. The molecule has 94 valence electrons. The Morgan fingerprint density at radius 1 is 1.56 bits per heavy atom. The van der Waals surface area contributed by atoms with Crippen molar-refractivity contribution < 1.29 is 14.7 Å². The summed E-state index contributed by atoms with van der Waals surface area (Å²) in [6.45, 7) is 1.41. The van der Waals surface area contributed by atoms with Crippen LogP contribution in [-0.4, -0.2) is 41.9 Å². The second-order valence-electron chi connectivity index (χ2n) is 3.52. The summed E-state index contributed by atoms with van der Waals surface area (Å²) < 4.78 is 1.20. The number of aromatic amines is 1. The van der Waals surface area contributed by atoms with Crippen LogP contribution >= 0.6 is 0 Å². The lowest BCUT2D eigenvalue weighted by Crippen LogP contribution is -2.13. The van der Waals surface area contributed by atoms with Gasteiger partial charge in [0.05, 0.1) is 11.9 Å². The van der Waals surface area contributed by atoms with Crippen molar-refractivity contribution in [3.63, 3.8) is 0 Å². The third-order valence-corrected chi connectivity index (χ3v) is 1.99. The lowest BCUT2D eigenvalue weighted by Gasteiger charge is -1.97. The number of carboxylic acid groups (broad SMARTS) is 1. The summed E-state index contributed by atoms with van der Waals surface area (Å²) in [7, 11) is 0. The number of nitrogens with zero attached hydrogens (tertiary/aromatic N) is 4. The van der Waals surface area contributed by atoms with Gasteiger partial charge in [0.15, 0.2) is 0 Å². The molecule has 2 rings (SSSR count). The number of rotatable bonds is 4. The molecule has 2 aromatic heterocycles. The van der Waals surface area contributed by atoms with Crippen molar-refractivity contribution >= 4 is 17.6 Å². The van der Waals surface area contributed by atoms with Crippen molar-refractivity contribution in [2.45, 2.75) is 13.5 Å². The molecule has 0 atom stereocenters. The summed E-state index contributed by atoms with van der Waals surface area (Å²) in [6, 6.07) is 0. The number of anilines is 1. The molecule has 18 heavy (non-hydrogen) atoms. The molecular weight excluding hydrogens is 240 g/mol. The lowest BCUT2D eigenvalue weighted by atomic mass is 10.5. The Balaban J connectivity index is 2.03. The number of aryl methyl sites for hydroxylation is 1. The largest absolute Gasteiger partial charge is 0.480 e. The molecule has 0 spiro atoms. The SMILES string of the molecule is Cc1nc(C(=O)Nc2cnn(CC(=O)O)c2)n[nH]1. The third-order valence-electron chi connectivity index (χ3n) is 1.99. The van der Waals surface area contributed by atoms with Crippen LogP contribution in [-0.2, 0) is 11.3 Å². The standard InChI is InChI=1S/C9H10N6O3/c1-5-11-8(14-13-5)9(18)12-6-2-10-15(3-6)4-7(16)17/h2-3H,4H2,1H3,(H,12,18)(H,16,17)(H,11,13,14). The minimum atomic E-state index is -1.01. The normalized spacial score (nSPS) is 10.3. The molecule has 0 bridgehead atoms. The van der Waals surface area contributed by atoms with Crippen LogP contribution in [0.15, 0.2) is 12.4 Å². The first kappa shape index (κ1) is 11.8. The van der Waals surface area contributed by atoms with Gasteiger partial charge in [0.25, 0.3) is 5.91 Å². The van der Waals surface area contributed by atoms with Crippen LogP contribution < -0.4 is 5.32 Å². The summed E-state index contributed by atoms with van der Waals surface area (Å²) in [5.41, 5.74) is 0.378. The van der Waals surface area contributed by atoms with Gasteiger partial charge in [-0.15, -0.1) is 5.10 Å². The highest BCUT2D eigenvalue weighted by Gasteiger charge is 2.12. The number of hydrogen-bond acceptors (Lipinski definition) is 5. The van der Waals surface area contributed by atoms with Crippen molar-refractivity contribution in [3.8, 4) is 0 Å². The minimum Gasteiger partial charge on any atom is -0.480 e. The number of nitrogens with one attached hydrogen (secondary N) is 2. The van der Waals surface area contributed by atoms with Crippen LogP contribution in [0.3, 0.4) is 0 Å². The molecule has 2 heterocycles. The van der Waals surface area contributed by atoms with E-state index in [1.807, 2.05) is 0 Å². The van der Waals surface area contributed by atoms with Gasteiger partial charge < -0.3 is 10.4 Å². The van der Waals surface area contributed by atoms with Gasteiger partial charge in [0.2, 0.25) is 5.82 Å². The average Bonchev–Trinajstić information content (AvgIpc) is 2.87. The second kappa shape index (κ2) is 4.65. The summed E-state index contributed by atoms with van der Waals surface area (Å²) >= 11 is 0. The molecule has 0 aliphatic heterocycles. The summed E-state index contributed by atoms with van der Waals surface area (Å²) in [4.78, 5) is 26.0. The lowest BCUT2D eigenvalue weighted by molar-refractivity contribution is -0.137. The van der Waals surface area contributed by atoms with Crippen LogP contribution in [0.2, 0.25) is 0 Å². The first-order chi connectivity index (χ1) is 8.54. The Morgan fingerprint density at radius 3 is 2.94 bits per heavy atom. The number of carboxylic acids is 1. The first-order valence-electron chi connectivity index (χ1n) is 4.99. The van der Waals surface area contributed by atoms with Crippen molar-refractivity contribution in [2.24, 2.45) is 0 Å². The Morgan fingerprint density at radius 2 is 2.33 bits per heavy atom. The highest BCUT2D eigenvalue weighted by Crippen LogP contribution is 2.06. The smallest absolute Gasteiger partial charge is 0.325 e. The van der Waals surface area contributed by atoms with E-state index in [1.165, 1.54) is 17.1 Å². The van der Waals surface area contributed by atoms with E-state index < -0.39 is 11.9 Å². The number of aliphatic carboxylic acids is 1. The molecule has 0 saturated heterocycles. The van der Waals surface area contributed by atoms with Crippen molar-refractivity contribution in [1.82, 2.24) is 25.0 Å². The van der Waals surface area contributed by atoms with Gasteiger partial charge in [-0.3, -0.25) is 19.4 Å². The molecule has 0 radical (unpaired) electrons. The number of H-pyrrole nitrogens is 1. The fourth-order valence-corrected chi connectivity index (χ4v) is 1.28. The van der Waals surface area contributed by atoms with E-state index in [0.717, 1.165) is 0 Å². The average molecular weight is 250 g/mol. The molecule has 1 amide bonds. The van der Waals surface area contributed by atoms with Gasteiger partial charge in [-0.05, 0) is 6.92 Å². The zero-order valence-corrected chi connectivity index (χ0v) is 9.41. The predicted molar refractivity (Wildman–Crippen MR) is 58.9 cm³/mol. The van der Waals surface area contributed by atoms with E-state index in [1.54, 1.807) is 6.92 Å².